The molecule has 0 fully saturated rings. The highest BCUT2D eigenvalue weighted by Crippen LogP contribution is 2.14. The summed E-state index contributed by atoms with van der Waals surface area (Å²) in [5.41, 5.74) is 0.261. The van der Waals surface area contributed by atoms with Crippen molar-refractivity contribution in [3.8, 4) is 0 Å². The number of Topliss-reactive ketones (excluding diaryl/α,β-unsaturated/α-hetero) is 2. The fraction of sp³-hybridized carbons (Fsp3) is 0.357. The van der Waals surface area contributed by atoms with E-state index in [0.29, 0.717) is 0 Å². The topological polar surface area (TPSA) is 60.4 Å². The molecule has 0 bridgehead atoms. The molecule has 4 nitrogen and oxygen atoms in total. The van der Waals surface area contributed by atoms with Crippen molar-refractivity contribution in [1.82, 2.24) is 0 Å². The van der Waals surface area contributed by atoms with Crippen LogP contribution in [0.4, 0.5) is 4.39 Å². The fourth-order valence-electron chi connectivity index (χ4n) is 1.57. The minimum absolute atomic E-state index is 0.146. The van der Waals surface area contributed by atoms with Crippen LogP contribution in [0, 0.1) is 11.7 Å². The van der Waals surface area contributed by atoms with Gasteiger partial charge in [-0.2, -0.15) is 0 Å². The van der Waals surface area contributed by atoms with Gasteiger partial charge in [0.25, 0.3) is 0 Å². The van der Waals surface area contributed by atoms with Gasteiger partial charge in [-0.25, -0.2) is 4.39 Å². The molecule has 0 radical (unpaired) electrons. The normalized spacial score (nSPS) is 11.7. The maximum atomic E-state index is 12.7. The Kier molecular flexibility index (Phi) is 5.36. The molecule has 5 heteroatoms. The average molecular weight is 266 g/mol. The van der Waals surface area contributed by atoms with Crippen LogP contribution < -0.4 is 0 Å². The van der Waals surface area contributed by atoms with Gasteiger partial charge >= 0.3 is 5.97 Å². The number of hydrogen-bond donors (Lipinski definition) is 0. The molecule has 0 aliphatic rings. The predicted molar refractivity (Wildman–Crippen MR) is 66.2 cm³/mol. The maximum Gasteiger partial charge on any atom is 0.316 e. The standard InChI is InChI=1S/C14H15FO4/c1-3-19-14(18)12(9(2)16)8-13(17)10-4-6-11(15)7-5-10/h4-7,12H,3,8H2,1-2H3/t12-/m1/s1. The highest BCUT2D eigenvalue weighted by atomic mass is 19.1. The average Bonchev–Trinajstić information content (AvgIpc) is 2.36. The van der Waals surface area contributed by atoms with Crippen LogP contribution in [-0.2, 0) is 14.3 Å². The Morgan fingerprint density at radius 3 is 2.26 bits per heavy atom. The lowest BCUT2D eigenvalue weighted by Crippen LogP contribution is -2.27. The van der Waals surface area contributed by atoms with Crippen LogP contribution in [0.5, 0.6) is 0 Å². The molecule has 102 valence electrons. The molecule has 0 N–H and O–H groups in total. The van der Waals surface area contributed by atoms with Crippen LogP contribution in [0.3, 0.4) is 0 Å². The van der Waals surface area contributed by atoms with Gasteiger partial charge in [-0.05, 0) is 38.1 Å². The maximum absolute atomic E-state index is 12.7. The van der Waals surface area contributed by atoms with Crippen LogP contribution in [0.1, 0.15) is 30.6 Å². The number of esters is 1. The van der Waals surface area contributed by atoms with Gasteiger partial charge in [0.05, 0.1) is 6.61 Å². The Balaban J connectivity index is 2.79. The van der Waals surface area contributed by atoms with Gasteiger partial charge in [0.15, 0.2) is 5.78 Å². The lowest BCUT2D eigenvalue weighted by molar-refractivity contribution is -0.151. The number of hydrogen-bond acceptors (Lipinski definition) is 4. The summed E-state index contributed by atoms with van der Waals surface area (Å²) in [6, 6.07) is 4.95. The number of benzene rings is 1. The first-order valence-electron chi connectivity index (χ1n) is 5.91. The molecule has 0 heterocycles. The number of halogens is 1. The van der Waals surface area contributed by atoms with Crippen molar-refractivity contribution in [2.75, 3.05) is 6.61 Å². The molecule has 1 aromatic rings. The van der Waals surface area contributed by atoms with E-state index in [4.69, 9.17) is 4.74 Å². The van der Waals surface area contributed by atoms with Crippen molar-refractivity contribution in [1.29, 1.82) is 0 Å². The fourth-order valence-corrected chi connectivity index (χ4v) is 1.57. The first-order chi connectivity index (χ1) is 8.95. The summed E-state index contributed by atoms with van der Waals surface area (Å²) in [5, 5.41) is 0. The van der Waals surface area contributed by atoms with E-state index in [9.17, 15) is 18.8 Å². The SMILES string of the molecule is CCOC(=O)[C@H](CC(=O)c1ccc(F)cc1)C(C)=O. The molecular formula is C14H15FO4. The van der Waals surface area contributed by atoms with Crippen LogP contribution in [0.25, 0.3) is 0 Å². The number of carbonyl (C=O) groups excluding carboxylic acids is 3. The third-order valence-electron chi connectivity index (χ3n) is 2.62. The van der Waals surface area contributed by atoms with Gasteiger partial charge in [-0.15, -0.1) is 0 Å². The predicted octanol–water partition coefficient (Wildman–Crippen LogP) is 2.17. The van der Waals surface area contributed by atoms with Crippen molar-refractivity contribution in [2.45, 2.75) is 20.3 Å². The first kappa shape index (κ1) is 15.0. The van der Waals surface area contributed by atoms with Crippen molar-refractivity contribution in [3.63, 3.8) is 0 Å². The van der Waals surface area contributed by atoms with Gasteiger partial charge in [-0.3, -0.25) is 14.4 Å². The van der Waals surface area contributed by atoms with E-state index in [2.05, 4.69) is 0 Å². The van der Waals surface area contributed by atoms with Crippen molar-refractivity contribution in [3.05, 3.63) is 35.6 Å². The Hall–Kier alpha value is -2.04. The number of carbonyl (C=O) groups is 3. The van der Waals surface area contributed by atoms with E-state index in [1.807, 2.05) is 0 Å². The Morgan fingerprint density at radius 2 is 1.79 bits per heavy atom. The number of ether oxygens (including phenoxy) is 1. The van der Waals surface area contributed by atoms with Gasteiger partial charge in [0.1, 0.15) is 17.5 Å². The highest BCUT2D eigenvalue weighted by molar-refractivity contribution is 6.05. The lowest BCUT2D eigenvalue weighted by Gasteiger charge is -2.11. The molecule has 0 spiro atoms. The van der Waals surface area contributed by atoms with Crippen LogP contribution in [0.15, 0.2) is 24.3 Å². The van der Waals surface area contributed by atoms with E-state index in [1.54, 1.807) is 6.92 Å². The molecule has 1 atom stereocenters. The van der Waals surface area contributed by atoms with E-state index >= 15 is 0 Å². The molecule has 0 saturated carbocycles. The van der Waals surface area contributed by atoms with Crippen molar-refractivity contribution < 1.29 is 23.5 Å². The van der Waals surface area contributed by atoms with Gasteiger partial charge in [0, 0.05) is 12.0 Å². The second kappa shape index (κ2) is 6.78. The Morgan fingerprint density at radius 1 is 1.21 bits per heavy atom. The number of rotatable bonds is 6. The van der Waals surface area contributed by atoms with E-state index in [1.165, 1.54) is 19.1 Å². The zero-order chi connectivity index (χ0) is 14.4. The molecule has 0 saturated heterocycles. The summed E-state index contributed by atoms with van der Waals surface area (Å²) in [7, 11) is 0. The second-order valence-electron chi connectivity index (χ2n) is 4.05. The van der Waals surface area contributed by atoms with Crippen molar-refractivity contribution in [2.24, 2.45) is 5.92 Å². The first-order valence-corrected chi connectivity index (χ1v) is 5.91. The molecule has 0 aromatic heterocycles. The minimum atomic E-state index is -1.10. The summed E-state index contributed by atoms with van der Waals surface area (Å²) in [5.74, 6) is -3.07. The van der Waals surface area contributed by atoms with E-state index < -0.39 is 29.3 Å². The zero-order valence-electron chi connectivity index (χ0n) is 10.8. The van der Waals surface area contributed by atoms with Crippen LogP contribution >= 0.6 is 0 Å². The summed E-state index contributed by atoms with van der Waals surface area (Å²) < 4.78 is 17.5. The molecular weight excluding hydrogens is 251 g/mol. The Labute approximate surface area is 110 Å². The summed E-state index contributed by atoms with van der Waals surface area (Å²) in [4.78, 5) is 34.8. The summed E-state index contributed by atoms with van der Waals surface area (Å²) in [6.07, 6.45) is -0.264. The highest BCUT2D eigenvalue weighted by Gasteiger charge is 2.27. The van der Waals surface area contributed by atoms with Gasteiger partial charge in [0.2, 0.25) is 0 Å². The molecule has 0 aliphatic heterocycles. The Bertz CT molecular complexity index is 479. The van der Waals surface area contributed by atoms with E-state index in [-0.39, 0.29) is 18.6 Å². The largest absolute Gasteiger partial charge is 0.465 e. The van der Waals surface area contributed by atoms with Gasteiger partial charge < -0.3 is 4.74 Å². The smallest absolute Gasteiger partial charge is 0.316 e. The van der Waals surface area contributed by atoms with E-state index in [0.717, 1.165) is 12.1 Å². The van der Waals surface area contributed by atoms with Crippen LogP contribution in [-0.4, -0.2) is 24.1 Å². The summed E-state index contributed by atoms with van der Waals surface area (Å²) >= 11 is 0. The lowest BCUT2D eigenvalue weighted by atomic mass is 9.95. The molecule has 0 amide bonds. The number of ketones is 2. The minimum Gasteiger partial charge on any atom is -0.465 e. The molecule has 19 heavy (non-hydrogen) atoms. The molecule has 1 rings (SSSR count). The third-order valence-corrected chi connectivity index (χ3v) is 2.62. The van der Waals surface area contributed by atoms with Crippen LogP contribution in [0.2, 0.25) is 0 Å². The van der Waals surface area contributed by atoms with Gasteiger partial charge in [-0.1, -0.05) is 0 Å². The molecule has 1 aromatic carbocycles. The molecule has 0 aliphatic carbocycles. The monoisotopic (exact) mass is 266 g/mol. The zero-order valence-corrected chi connectivity index (χ0v) is 10.8. The molecule has 0 unspecified atom stereocenters. The second-order valence-corrected chi connectivity index (χ2v) is 4.05. The quantitative estimate of drug-likeness (QED) is 0.450. The summed E-state index contributed by atoms with van der Waals surface area (Å²) in [6.45, 7) is 3.00. The third kappa shape index (κ3) is 4.28. The van der Waals surface area contributed by atoms with Crippen molar-refractivity contribution >= 4 is 17.5 Å².